The van der Waals surface area contributed by atoms with Gasteiger partial charge in [0.15, 0.2) is 0 Å². The Hall–Kier alpha value is -1.08. The van der Waals surface area contributed by atoms with Crippen LogP contribution in [0.25, 0.3) is 0 Å². The van der Waals surface area contributed by atoms with Crippen LogP contribution < -0.4 is 5.32 Å². The van der Waals surface area contributed by atoms with Crippen LogP contribution >= 0.6 is 15.9 Å². The highest BCUT2D eigenvalue weighted by atomic mass is 79.9. The van der Waals surface area contributed by atoms with Gasteiger partial charge in [-0.15, -0.1) is 0 Å². The Kier molecular flexibility index (Phi) is 5.27. The van der Waals surface area contributed by atoms with Crippen molar-refractivity contribution in [3.8, 4) is 0 Å². The Balaban J connectivity index is 1.86. The standard InChI is InChI=1S/C14H16BrF3N2O/c15-11-3-5-12(6-4-11)19-13(21)9-20-7-1-2-10(8-20)14(16,17)18/h3-6,10H,1-2,7-9H2,(H,19,21). The summed E-state index contributed by atoms with van der Waals surface area (Å²) in [4.78, 5) is 13.4. The van der Waals surface area contributed by atoms with Crippen LogP contribution in [0.5, 0.6) is 0 Å². The molecular weight excluding hydrogens is 349 g/mol. The molecule has 21 heavy (non-hydrogen) atoms. The van der Waals surface area contributed by atoms with Crippen molar-refractivity contribution in [3.05, 3.63) is 28.7 Å². The van der Waals surface area contributed by atoms with Gasteiger partial charge in [0.25, 0.3) is 0 Å². The van der Waals surface area contributed by atoms with Gasteiger partial charge in [-0.1, -0.05) is 15.9 Å². The second-order valence-electron chi connectivity index (χ2n) is 5.17. The summed E-state index contributed by atoms with van der Waals surface area (Å²) in [5, 5.41) is 2.69. The fraction of sp³-hybridized carbons (Fsp3) is 0.500. The Labute approximate surface area is 129 Å². The van der Waals surface area contributed by atoms with Gasteiger partial charge in [0.2, 0.25) is 5.91 Å². The molecule has 1 N–H and O–H groups in total. The van der Waals surface area contributed by atoms with Crippen molar-refractivity contribution in [2.45, 2.75) is 19.0 Å². The van der Waals surface area contributed by atoms with Crippen LogP contribution in [0.3, 0.4) is 0 Å². The third kappa shape index (κ3) is 5.00. The zero-order valence-electron chi connectivity index (χ0n) is 11.3. The fourth-order valence-corrected chi connectivity index (χ4v) is 2.67. The first kappa shape index (κ1) is 16.3. The molecule has 1 fully saturated rings. The molecule has 0 aromatic heterocycles. The number of hydrogen-bond acceptors (Lipinski definition) is 2. The van der Waals surface area contributed by atoms with Crippen molar-refractivity contribution in [2.75, 3.05) is 25.0 Å². The van der Waals surface area contributed by atoms with Gasteiger partial charge in [0.1, 0.15) is 0 Å². The van der Waals surface area contributed by atoms with Gasteiger partial charge in [-0.05, 0) is 43.7 Å². The topological polar surface area (TPSA) is 32.3 Å². The molecule has 3 nitrogen and oxygen atoms in total. The lowest BCUT2D eigenvalue weighted by Gasteiger charge is -2.33. The summed E-state index contributed by atoms with van der Waals surface area (Å²) in [6, 6.07) is 7.04. The normalized spacial score (nSPS) is 20.3. The average molecular weight is 365 g/mol. The molecule has 0 spiro atoms. The third-order valence-electron chi connectivity index (χ3n) is 3.46. The number of benzene rings is 1. The Bertz CT molecular complexity index is 490. The number of rotatable bonds is 3. The van der Waals surface area contributed by atoms with Crippen molar-refractivity contribution in [1.29, 1.82) is 0 Å². The predicted octanol–water partition coefficient (Wildman–Crippen LogP) is 3.66. The van der Waals surface area contributed by atoms with Crippen LogP contribution in [0.15, 0.2) is 28.7 Å². The lowest BCUT2D eigenvalue weighted by Crippen LogP contribution is -2.44. The number of likely N-dealkylation sites (tertiary alicyclic amines) is 1. The van der Waals surface area contributed by atoms with E-state index in [2.05, 4.69) is 21.2 Å². The molecule has 2 rings (SSSR count). The SMILES string of the molecule is O=C(CN1CCCC(C(F)(F)F)C1)Nc1ccc(Br)cc1. The van der Waals surface area contributed by atoms with E-state index in [-0.39, 0.29) is 25.4 Å². The van der Waals surface area contributed by atoms with Gasteiger partial charge in [0.05, 0.1) is 12.5 Å². The minimum Gasteiger partial charge on any atom is -0.325 e. The summed E-state index contributed by atoms with van der Waals surface area (Å²) in [6.07, 6.45) is -3.56. The Morgan fingerprint density at radius 2 is 2.00 bits per heavy atom. The first-order valence-electron chi connectivity index (χ1n) is 6.69. The van der Waals surface area contributed by atoms with Crippen LogP contribution in [0.1, 0.15) is 12.8 Å². The van der Waals surface area contributed by atoms with E-state index in [9.17, 15) is 18.0 Å². The van der Waals surface area contributed by atoms with Gasteiger partial charge in [-0.25, -0.2) is 0 Å². The minimum absolute atomic E-state index is 0.0113. The molecule has 0 aliphatic carbocycles. The number of amides is 1. The van der Waals surface area contributed by atoms with E-state index in [0.29, 0.717) is 18.7 Å². The van der Waals surface area contributed by atoms with Crippen molar-refractivity contribution >= 4 is 27.5 Å². The van der Waals surface area contributed by atoms with E-state index in [1.807, 2.05) is 0 Å². The van der Waals surface area contributed by atoms with Gasteiger partial charge in [-0.2, -0.15) is 13.2 Å². The maximum absolute atomic E-state index is 12.7. The summed E-state index contributed by atoms with van der Waals surface area (Å²) in [6.45, 7) is 0.417. The molecule has 1 unspecified atom stereocenters. The van der Waals surface area contributed by atoms with Crippen molar-refractivity contribution in [1.82, 2.24) is 4.90 Å². The molecule has 7 heteroatoms. The maximum atomic E-state index is 12.7. The molecule has 1 aliphatic rings. The summed E-state index contributed by atoms with van der Waals surface area (Å²) >= 11 is 3.29. The van der Waals surface area contributed by atoms with Gasteiger partial charge >= 0.3 is 6.18 Å². The number of carbonyl (C=O) groups excluding carboxylic acids is 1. The molecule has 1 atom stereocenters. The lowest BCUT2D eigenvalue weighted by atomic mass is 9.97. The molecule has 0 radical (unpaired) electrons. The second-order valence-corrected chi connectivity index (χ2v) is 6.09. The van der Waals surface area contributed by atoms with E-state index in [0.717, 1.165) is 4.47 Å². The highest BCUT2D eigenvalue weighted by molar-refractivity contribution is 9.10. The monoisotopic (exact) mass is 364 g/mol. The van der Waals surface area contributed by atoms with E-state index >= 15 is 0 Å². The number of anilines is 1. The Morgan fingerprint density at radius 1 is 1.33 bits per heavy atom. The summed E-state index contributed by atoms with van der Waals surface area (Å²) < 4.78 is 39.0. The molecule has 1 aromatic carbocycles. The summed E-state index contributed by atoms with van der Waals surface area (Å²) in [7, 11) is 0. The zero-order chi connectivity index (χ0) is 15.5. The molecule has 1 amide bonds. The molecule has 0 bridgehead atoms. The number of nitrogens with zero attached hydrogens (tertiary/aromatic N) is 1. The molecule has 0 saturated carbocycles. The molecule has 1 aliphatic heterocycles. The van der Waals surface area contributed by atoms with Gasteiger partial charge in [-0.3, -0.25) is 9.69 Å². The summed E-state index contributed by atoms with van der Waals surface area (Å²) in [5.41, 5.74) is 0.632. The Morgan fingerprint density at radius 3 is 2.62 bits per heavy atom. The number of nitrogens with one attached hydrogen (secondary N) is 1. The van der Waals surface area contributed by atoms with E-state index in [1.54, 1.807) is 29.2 Å². The van der Waals surface area contributed by atoms with Crippen LogP contribution in [0.2, 0.25) is 0 Å². The highest BCUT2D eigenvalue weighted by Crippen LogP contribution is 2.32. The van der Waals surface area contributed by atoms with E-state index < -0.39 is 12.1 Å². The van der Waals surface area contributed by atoms with E-state index in [1.165, 1.54) is 0 Å². The summed E-state index contributed by atoms with van der Waals surface area (Å²) in [5.74, 6) is -1.62. The van der Waals surface area contributed by atoms with Crippen LogP contribution in [0, 0.1) is 5.92 Å². The van der Waals surface area contributed by atoms with Gasteiger partial charge < -0.3 is 5.32 Å². The van der Waals surface area contributed by atoms with Crippen molar-refractivity contribution < 1.29 is 18.0 Å². The smallest absolute Gasteiger partial charge is 0.325 e. The molecular formula is C14H16BrF3N2O. The first-order valence-corrected chi connectivity index (χ1v) is 7.48. The molecule has 1 heterocycles. The average Bonchev–Trinajstić information content (AvgIpc) is 2.41. The molecule has 116 valence electrons. The minimum atomic E-state index is -4.18. The fourth-order valence-electron chi connectivity index (χ4n) is 2.40. The number of alkyl halides is 3. The van der Waals surface area contributed by atoms with Crippen LogP contribution in [-0.2, 0) is 4.79 Å². The quantitative estimate of drug-likeness (QED) is 0.887. The van der Waals surface area contributed by atoms with Crippen molar-refractivity contribution in [2.24, 2.45) is 5.92 Å². The van der Waals surface area contributed by atoms with Crippen LogP contribution in [-0.4, -0.2) is 36.6 Å². The zero-order valence-corrected chi connectivity index (χ0v) is 12.9. The van der Waals surface area contributed by atoms with Crippen LogP contribution in [0.4, 0.5) is 18.9 Å². The van der Waals surface area contributed by atoms with Crippen molar-refractivity contribution in [3.63, 3.8) is 0 Å². The first-order chi connectivity index (χ1) is 9.84. The number of carbonyl (C=O) groups is 1. The maximum Gasteiger partial charge on any atom is 0.393 e. The molecule has 1 aromatic rings. The van der Waals surface area contributed by atoms with Gasteiger partial charge in [0, 0.05) is 16.7 Å². The highest BCUT2D eigenvalue weighted by Gasteiger charge is 2.41. The number of hydrogen-bond donors (Lipinski definition) is 1. The molecule has 1 saturated heterocycles. The lowest BCUT2D eigenvalue weighted by molar-refractivity contribution is -0.186. The predicted molar refractivity (Wildman–Crippen MR) is 78.0 cm³/mol. The third-order valence-corrected chi connectivity index (χ3v) is 3.99. The number of piperidine rings is 1. The number of halogens is 4. The van der Waals surface area contributed by atoms with E-state index in [4.69, 9.17) is 0 Å². The largest absolute Gasteiger partial charge is 0.393 e. The second kappa shape index (κ2) is 6.79.